The highest BCUT2D eigenvalue weighted by molar-refractivity contribution is 6.80. The molecule has 0 radical (unpaired) electrons. The summed E-state index contributed by atoms with van der Waals surface area (Å²) in [4.78, 5) is 0. The lowest BCUT2D eigenvalue weighted by Crippen LogP contribution is -2.37. The van der Waals surface area contributed by atoms with E-state index < -0.39 is 8.07 Å². The molecule has 0 saturated carbocycles. The van der Waals surface area contributed by atoms with Gasteiger partial charge in [0, 0.05) is 6.61 Å². The van der Waals surface area contributed by atoms with Gasteiger partial charge < -0.3 is 9.84 Å². The van der Waals surface area contributed by atoms with E-state index in [4.69, 9.17) is 9.84 Å². The Hall–Kier alpha value is 0.137. The zero-order valence-corrected chi connectivity index (χ0v) is 12.3. The Labute approximate surface area is 96.0 Å². The van der Waals surface area contributed by atoms with E-state index in [9.17, 15) is 0 Å². The number of rotatable bonds is 6. The van der Waals surface area contributed by atoms with E-state index >= 15 is 0 Å². The summed E-state index contributed by atoms with van der Waals surface area (Å²) in [6, 6.07) is 1.30. The lowest BCUT2D eigenvalue weighted by atomic mass is 10.2. The van der Waals surface area contributed by atoms with Crippen molar-refractivity contribution in [1.29, 1.82) is 0 Å². The first-order chi connectivity index (χ1) is 6.67. The molecule has 1 atom stereocenters. The first-order valence-corrected chi connectivity index (χ1v) is 9.13. The molecule has 0 amide bonds. The fourth-order valence-corrected chi connectivity index (χ4v) is 3.02. The molecular formula is C12H28O2Si. The summed E-state index contributed by atoms with van der Waals surface area (Å²) < 4.78 is 5.38. The van der Waals surface area contributed by atoms with Crippen LogP contribution in [0.2, 0.25) is 24.2 Å². The van der Waals surface area contributed by atoms with Crippen LogP contribution in [0.25, 0.3) is 0 Å². The molecule has 0 aromatic carbocycles. The molecule has 0 bridgehead atoms. The van der Waals surface area contributed by atoms with E-state index in [1.807, 2.05) is 0 Å². The summed E-state index contributed by atoms with van der Waals surface area (Å²) >= 11 is 0. The molecule has 0 aliphatic rings. The molecule has 0 aliphatic heterocycles. The first-order valence-electron chi connectivity index (χ1n) is 5.92. The zero-order chi connectivity index (χ0) is 12.1. The van der Waals surface area contributed by atoms with Gasteiger partial charge >= 0.3 is 0 Å². The lowest BCUT2D eigenvalue weighted by Gasteiger charge is -2.37. The third kappa shape index (κ3) is 6.33. The van der Waals surface area contributed by atoms with Crippen LogP contribution in [0.3, 0.4) is 0 Å². The quantitative estimate of drug-likeness (QED) is 0.562. The summed E-state index contributed by atoms with van der Waals surface area (Å²) in [6.07, 6.45) is 0.793. The molecule has 0 aliphatic carbocycles. The molecule has 92 valence electrons. The molecule has 0 saturated heterocycles. The van der Waals surface area contributed by atoms with Crippen LogP contribution >= 0.6 is 0 Å². The third-order valence-corrected chi connectivity index (χ3v) is 9.14. The topological polar surface area (TPSA) is 29.5 Å². The fourth-order valence-electron chi connectivity index (χ4n) is 1.25. The van der Waals surface area contributed by atoms with Crippen molar-refractivity contribution in [2.75, 3.05) is 13.2 Å². The molecule has 0 aromatic heterocycles. The number of ether oxygens (including phenoxy) is 1. The van der Waals surface area contributed by atoms with Gasteiger partial charge in [-0.05, 0) is 18.4 Å². The van der Waals surface area contributed by atoms with Crippen molar-refractivity contribution in [2.24, 2.45) is 0 Å². The molecule has 0 aromatic rings. The van der Waals surface area contributed by atoms with Gasteiger partial charge in [0.1, 0.15) is 0 Å². The van der Waals surface area contributed by atoms with Crippen LogP contribution in [0.5, 0.6) is 0 Å². The number of hydrogen-bond donors (Lipinski definition) is 1. The number of aliphatic hydroxyl groups excluding tert-OH is 1. The number of aliphatic hydroxyl groups is 1. The summed E-state index contributed by atoms with van der Waals surface area (Å²) in [7, 11) is -1.12. The molecule has 15 heavy (non-hydrogen) atoms. The van der Waals surface area contributed by atoms with Gasteiger partial charge in [0.2, 0.25) is 0 Å². The summed E-state index contributed by atoms with van der Waals surface area (Å²) in [5, 5.41) is 9.49. The SMILES string of the molecule is CC(O)COCCC[Si](C)(C)C(C)(C)C. The largest absolute Gasteiger partial charge is 0.391 e. The van der Waals surface area contributed by atoms with Crippen molar-refractivity contribution >= 4 is 8.07 Å². The highest BCUT2D eigenvalue weighted by Gasteiger charge is 2.33. The standard InChI is InChI=1S/C12H28O2Si/c1-11(13)10-14-8-7-9-15(5,6)12(2,3)4/h11,13H,7-10H2,1-6H3. The Morgan fingerprint density at radius 3 is 2.20 bits per heavy atom. The van der Waals surface area contributed by atoms with E-state index in [0.29, 0.717) is 11.6 Å². The fraction of sp³-hybridized carbons (Fsp3) is 1.00. The molecule has 0 fully saturated rings. The average molecular weight is 232 g/mol. The highest BCUT2D eigenvalue weighted by Crippen LogP contribution is 2.39. The maximum Gasteiger partial charge on any atom is 0.0745 e. The van der Waals surface area contributed by atoms with Gasteiger partial charge in [-0.3, -0.25) is 0 Å². The third-order valence-electron chi connectivity index (χ3n) is 3.48. The Bertz CT molecular complexity index is 171. The summed E-state index contributed by atoms with van der Waals surface area (Å²) in [5.41, 5.74) is 0. The maximum absolute atomic E-state index is 9.02. The second-order valence-electron chi connectivity index (χ2n) is 6.16. The van der Waals surface area contributed by atoms with Gasteiger partial charge in [0.25, 0.3) is 0 Å². The predicted octanol–water partition coefficient (Wildman–Crippen LogP) is 3.28. The Morgan fingerprint density at radius 1 is 1.27 bits per heavy atom. The second kappa shape index (κ2) is 6.02. The van der Waals surface area contributed by atoms with Crippen molar-refractivity contribution in [1.82, 2.24) is 0 Å². The van der Waals surface area contributed by atoms with Crippen LogP contribution in [0, 0.1) is 0 Å². The minimum atomic E-state index is -1.12. The van der Waals surface area contributed by atoms with Crippen LogP contribution in [-0.4, -0.2) is 32.5 Å². The van der Waals surface area contributed by atoms with Gasteiger partial charge in [-0.1, -0.05) is 39.9 Å². The Balaban J connectivity index is 3.68. The van der Waals surface area contributed by atoms with Gasteiger partial charge in [0.05, 0.1) is 20.8 Å². The van der Waals surface area contributed by atoms with Gasteiger partial charge in [-0.15, -0.1) is 0 Å². The molecular weight excluding hydrogens is 204 g/mol. The van der Waals surface area contributed by atoms with Gasteiger partial charge in [-0.25, -0.2) is 0 Å². The van der Waals surface area contributed by atoms with Gasteiger partial charge in [-0.2, -0.15) is 0 Å². The first kappa shape index (κ1) is 15.1. The number of hydrogen-bond acceptors (Lipinski definition) is 2. The Morgan fingerprint density at radius 2 is 1.80 bits per heavy atom. The molecule has 1 unspecified atom stereocenters. The van der Waals surface area contributed by atoms with E-state index in [-0.39, 0.29) is 6.10 Å². The van der Waals surface area contributed by atoms with Crippen LogP contribution in [-0.2, 0) is 4.74 Å². The smallest absolute Gasteiger partial charge is 0.0745 e. The van der Waals surface area contributed by atoms with Crippen LogP contribution in [0.4, 0.5) is 0 Å². The molecule has 0 rings (SSSR count). The van der Waals surface area contributed by atoms with Crippen molar-refractivity contribution < 1.29 is 9.84 Å². The summed E-state index contributed by atoms with van der Waals surface area (Å²) in [5.74, 6) is 0. The molecule has 1 N–H and O–H groups in total. The van der Waals surface area contributed by atoms with Crippen molar-refractivity contribution in [3.63, 3.8) is 0 Å². The highest BCUT2D eigenvalue weighted by atomic mass is 28.3. The second-order valence-corrected chi connectivity index (χ2v) is 11.9. The van der Waals surface area contributed by atoms with Crippen molar-refractivity contribution in [3.05, 3.63) is 0 Å². The van der Waals surface area contributed by atoms with E-state index in [1.165, 1.54) is 6.04 Å². The average Bonchev–Trinajstić information content (AvgIpc) is 2.00. The van der Waals surface area contributed by atoms with Crippen LogP contribution < -0.4 is 0 Å². The minimum absolute atomic E-state index is 0.335. The van der Waals surface area contributed by atoms with Gasteiger partial charge in [0.15, 0.2) is 0 Å². The molecule has 0 spiro atoms. The lowest BCUT2D eigenvalue weighted by molar-refractivity contribution is 0.0465. The van der Waals surface area contributed by atoms with Crippen LogP contribution in [0.1, 0.15) is 34.1 Å². The monoisotopic (exact) mass is 232 g/mol. The molecule has 3 heteroatoms. The predicted molar refractivity (Wildman–Crippen MR) is 69.1 cm³/mol. The van der Waals surface area contributed by atoms with E-state index in [1.54, 1.807) is 6.92 Å². The van der Waals surface area contributed by atoms with Crippen LogP contribution in [0.15, 0.2) is 0 Å². The molecule has 0 heterocycles. The van der Waals surface area contributed by atoms with Crippen molar-refractivity contribution in [3.8, 4) is 0 Å². The van der Waals surface area contributed by atoms with E-state index in [0.717, 1.165) is 13.0 Å². The normalized spacial score (nSPS) is 15.4. The Kier molecular flexibility index (Phi) is 6.07. The summed E-state index contributed by atoms with van der Waals surface area (Å²) in [6.45, 7) is 14.9. The van der Waals surface area contributed by atoms with Crippen molar-refractivity contribution in [2.45, 2.75) is 64.4 Å². The molecule has 2 nitrogen and oxygen atoms in total. The maximum atomic E-state index is 9.02. The minimum Gasteiger partial charge on any atom is -0.391 e. The van der Waals surface area contributed by atoms with E-state index in [2.05, 4.69) is 33.9 Å². The zero-order valence-electron chi connectivity index (χ0n) is 11.3.